The van der Waals surface area contributed by atoms with Crippen LogP contribution in [0.15, 0.2) is 6.07 Å². The van der Waals surface area contributed by atoms with Gasteiger partial charge in [0.1, 0.15) is 0 Å². The zero-order valence-corrected chi connectivity index (χ0v) is 17.1. The van der Waals surface area contributed by atoms with Gasteiger partial charge in [-0.05, 0) is 57.5 Å². The van der Waals surface area contributed by atoms with Gasteiger partial charge >= 0.3 is 0 Å². The SMILES string of the molecule is CC(=O)N1CCC2(CC1)OCCc1sc(C(=O)NC3CCN(C)CC3)cc12. The van der Waals surface area contributed by atoms with Crippen molar-refractivity contribution < 1.29 is 14.3 Å². The quantitative estimate of drug-likeness (QED) is 0.838. The molecule has 148 valence electrons. The van der Waals surface area contributed by atoms with Crippen LogP contribution in [0.25, 0.3) is 0 Å². The summed E-state index contributed by atoms with van der Waals surface area (Å²) in [5.74, 6) is 0.185. The first-order valence-electron chi connectivity index (χ1n) is 9.99. The molecule has 3 aliphatic rings. The smallest absolute Gasteiger partial charge is 0.261 e. The molecule has 2 fully saturated rings. The lowest BCUT2D eigenvalue weighted by Crippen LogP contribution is -2.47. The summed E-state index contributed by atoms with van der Waals surface area (Å²) in [5.41, 5.74) is 0.873. The molecule has 0 aromatic carbocycles. The van der Waals surface area contributed by atoms with Crippen molar-refractivity contribution in [3.8, 4) is 0 Å². The van der Waals surface area contributed by atoms with E-state index in [0.717, 1.165) is 63.2 Å². The minimum absolute atomic E-state index is 0.0558. The number of rotatable bonds is 2. The van der Waals surface area contributed by atoms with Gasteiger partial charge in [-0.15, -0.1) is 11.3 Å². The summed E-state index contributed by atoms with van der Waals surface area (Å²) in [4.78, 5) is 30.8. The van der Waals surface area contributed by atoms with Crippen LogP contribution in [0.5, 0.6) is 0 Å². The molecule has 7 heteroatoms. The standard InChI is InChI=1S/C20H29N3O3S/c1-14(24)23-10-6-20(7-11-23)16-13-18(27-17(16)5-12-26-20)19(25)21-15-3-8-22(2)9-4-15/h13,15H,3-12H2,1-2H3,(H,21,25). The number of thiophene rings is 1. The molecule has 4 heterocycles. The monoisotopic (exact) mass is 391 g/mol. The molecule has 2 saturated heterocycles. The van der Waals surface area contributed by atoms with Gasteiger partial charge in [0.05, 0.1) is 17.1 Å². The maximum Gasteiger partial charge on any atom is 0.261 e. The van der Waals surface area contributed by atoms with Crippen molar-refractivity contribution in [3.63, 3.8) is 0 Å². The predicted molar refractivity (Wildman–Crippen MR) is 105 cm³/mol. The first-order chi connectivity index (χ1) is 13.0. The Bertz CT molecular complexity index is 716. The molecule has 0 saturated carbocycles. The van der Waals surface area contributed by atoms with Gasteiger partial charge in [-0.2, -0.15) is 0 Å². The van der Waals surface area contributed by atoms with Crippen molar-refractivity contribution in [1.29, 1.82) is 0 Å². The normalized spacial score (nSPS) is 23.3. The molecule has 1 N–H and O–H groups in total. The molecule has 1 aromatic heterocycles. The molecule has 2 amide bonds. The highest BCUT2D eigenvalue weighted by Gasteiger charge is 2.42. The molecule has 1 aromatic rings. The van der Waals surface area contributed by atoms with Gasteiger partial charge in [-0.3, -0.25) is 9.59 Å². The summed E-state index contributed by atoms with van der Waals surface area (Å²) in [7, 11) is 2.13. The fourth-order valence-electron chi connectivity index (χ4n) is 4.53. The lowest BCUT2D eigenvalue weighted by Gasteiger charge is -2.43. The van der Waals surface area contributed by atoms with Crippen LogP contribution in [0.2, 0.25) is 0 Å². The number of carbonyl (C=O) groups is 2. The van der Waals surface area contributed by atoms with E-state index in [1.807, 2.05) is 4.90 Å². The van der Waals surface area contributed by atoms with E-state index in [0.29, 0.717) is 6.61 Å². The molecular formula is C20H29N3O3S. The van der Waals surface area contributed by atoms with E-state index in [1.54, 1.807) is 18.3 Å². The number of carbonyl (C=O) groups excluding carboxylic acids is 2. The summed E-state index contributed by atoms with van der Waals surface area (Å²) in [5, 5.41) is 3.23. The number of fused-ring (bicyclic) bond motifs is 2. The largest absolute Gasteiger partial charge is 0.370 e. The second-order valence-electron chi connectivity index (χ2n) is 8.10. The van der Waals surface area contributed by atoms with Gasteiger partial charge in [0.25, 0.3) is 5.91 Å². The first kappa shape index (κ1) is 18.9. The number of hydrogen-bond donors (Lipinski definition) is 1. The second-order valence-corrected chi connectivity index (χ2v) is 9.23. The Labute approximate surface area is 164 Å². The van der Waals surface area contributed by atoms with E-state index in [9.17, 15) is 9.59 Å². The average Bonchev–Trinajstić information content (AvgIpc) is 3.10. The van der Waals surface area contributed by atoms with Crippen LogP contribution in [0.4, 0.5) is 0 Å². The summed E-state index contributed by atoms with van der Waals surface area (Å²) >= 11 is 1.62. The van der Waals surface area contributed by atoms with Crippen molar-refractivity contribution in [2.75, 3.05) is 39.8 Å². The lowest BCUT2D eigenvalue weighted by molar-refractivity contribution is -0.138. The second kappa shape index (κ2) is 7.53. The molecule has 4 rings (SSSR count). The van der Waals surface area contributed by atoms with Gasteiger partial charge in [-0.25, -0.2) is 0 Å². The Morgan fingerprint density at radius 3 is 2.59 bits per heavy atom. The van der Waals surface area contributed by atoms with Crippen molar-refractivity contribution in [2.45, 2.75) is 50.7 Å². The summed E-state index contributed by atoms with van der Waals surface area (Å²) in [6.45, 7) is 5.85. The number of nitrogens with one attached hydrogen (secondary N) is 1. The Kier molecular flexibility index (Phi) is 5.27. The highest BCUT2D eigenvalue weighted by atomic mass is 32.1. The van der Waals surface area contributed by atoms with Gasteiger partial charge in [-0.1, -0.05) is 0 Å². The van der Waals surface area contributed by atoms with Crippen LogP contribution in [-0.2, 0) is 21.6 Å². The third-order valence-electron chi connectivity index (χ3n) is 6.30. The number of amides is 2. The van der Waals surface area contributed by atoms with E-state index in [2.05, 4.69) is 23.3 Å². The molecule has 0 aliphatic carbocycles. The minimum atomic E-state index is -0.317. The topological polar surface area (TPSA) is 61.9 Å². The molecule has 0 bridgehead atoms. The fourth-order valence-corrected chi connectivity index (χ4v) is 5.67. The first-order valence-corrected chi connectivity index (χ1v) is 10.8. The fraction of sp³-hybridized carbons (Fsp3) is 0.700. The lowest BCUT2D eigenvalue weighted by atomic mass is 9.82. The molecule has 0 unspecified atom stereocenters. The number of nitrogens with zero attached hydrogens (tertiary/aromatic N) is 2. The van der Waals surface area contributed by atoms with Crippen molar-refractivity contribution in [2.24, 2.45) is 0 Å². The van der Waals surface area contributed by atoms with Crippen LogP contribution < -0.4 is 5.32 Å². The number of likely N-dealkylation sites (tertiary alicyclic amines) is 2. The Morgan fingerprint density at radius 2 is 1.93 bits per heavy atom. The van der Waals surface area contributed by atoms with E-state index >= 15 is 0 Å². The summed E-state index contributed by atoms with van der Waals surface area (Å²) < 4.78 is 6.25. The zero-order valence-electron chi connectivity index (χ0n) is 16.3. The molecule has 6 nitrogen and oxygen atoms in total. The molecule has 0 atom stereocenters. The van der Waals surface area contributed by atoms with E-state index in [-0.39, 0.29) is 23.5 Å². The van der Waals surface area contributed by atoms with Gasteiger partial charge in [0.15, 0.2) is 0 Å². The third kappa shape index (κ3) is 3.77. The predicted octanol–water partition coefficient (Wildman–Crippen LogP) is 1.98. The summed E-state index contributed by atoms with van der Waals surface area (Å²) in [6, 6.07) is 2.34. The van der Waals surface area contributed by atoms with E-state index in [1.165, 1.54) is 10.4 Å². The van der Waals surface area contributed by atoms with E-state index in [4.69, 9.17) is 4.74 Å². The summed E-state index contributed by atoms with van der Waals surface area (Å²) in [6.07, 6.45) is 4.53. The maximum atomic E-state index is 12.8. The maximum absolute atomic E-state index is 12.8. The van der Waals surface area contributed by atoms with Gasteiger partial charge in [0, 0.05) is 37.4 Å². The zero-order chi connectivity index (χ0) is 19.0. The Morgan fingerprint density at radius 1 is 1.22 bits per heavy atom. The number of hydrogen-bond acceptors (Lipinski definition) is 5. The Balaban J connectivity index is 1.48. The number of ether oxygens (including phenoxy) is 1. The van der Waals surface area contributed by atoms with Gasteiger partial charge < -0.3 is 19.9 Å². The van der Waals surface area contributed by atoms with Crippen molar-refractivity contribution in [1.82, 2.24) is 15.1 Å². The Hall–Kier alpha value is -1.44. The van der Waals surface area contributed by atoms with Crippen LogP contribution in [-0.4, -0.2) is 67.5 Å². The molecule has 3 aliphatic heterocycles. The third-order valence-corrected chi connectivity index (χ3v) is 7.49. The highest BCUT2D eigenvalue weighted by molar-refractivity contribution is 7.14. The van der Waals surface area contributed by atoms with Crippen molar-refractivity contribution in [3.05, 3.63) is 21.4 Å². The highest BCUT2D eigenvalue weighted by Crippen LogP contribution is 2.44. The molecular weight excluding hydrogens is 362 g/mol. The van der Waals surface area contributed by atoms with Gasteiger partial charge in [0.2, 0.25) is 5.91 Å². The van der Waals surface area contributed by atoms with Crippen LogP contribution in [0.1, 0.15) is 52.7 Å². The van der Waals surface area contributed by atoms with Crippen LogP contribution in [0.3, 0.4) is 0 Å². The van der Waals surface area contributed by atoms with Crippen molar-refractivity contribution >= 4 is 23.2 Å². The van der Waals surface area contributed by atoms with Crippen LogP contribution in [0, 0.1) is 0 Å². The molecule has 0 radical (unpaired) electrons. The molecule has 1 spiro atoms. The number of piperidine rings is 2. The van der Waals surface area contributed by atoms with Crippen LogP contribution >= 0.6 is 11.3 Å². The average molecular weight is 392 g/mol. The molecule has 27 heavy (non-hydrogen) atoms. The van der Waals surface area contributed by atoms with E-state index < -0.39 is 0 Å². The minimum Gasteiger partial charge on any atom is -0.370 e.